The fourth-order valence-corrected chi connectivity index (χ4v) is 4.14. The van der Waals surface area contributed by atoms with Crippen molar-refractivity contribution in [1.29, 1.82) is 0 Å². The molecule has 3 aromatic rings. The van der Waals surface area contributed by atoms with Gasteiger partial charge in [0.25, 0.3) is 10.0 Å². The smallest absolute Gasteiger partial charge is 0.262 e. The third-order valence-electron chi connectivity index (χ3n) is 4.14. The second-order valence-corrected chi connectivity index (χ2v) is 7.66. The zero-order chi connectivity index (χ0) is 18.9. The summed E-state index contributed by atoms with van der Waals surface area (Å²) in [6, 6.07) is 12.0. The molecule has 3 rings (SSSR count). The molecule has 0 unspecified atom stereocenters. The zero-order valence-corrected chi connectivity index (χ0v) is 15.8. The Balaban J connectivity index is 2.00. The van der Waals surface area contributed by atoms with Gasteiger partial charge in [0.1, 0.15) is 11.5 Å². The lowest BCUT2D eigenvalue weighted by atomic mass is 10.0. The predicted molar refractivity (Wildman–Crippen MR) is 100.0 cm³/mol. The Kier molecular flexibility index (Phi) is 4.73. The topological polar surface area (TPSA) is 81.4 Å². The van der Waals surface area contributed by atoms with Crippen LogP contribution in [0.25, 0.3) is 11.1 Å². The number of rotatable bonds is 5. The summed E-state index contributed by atoms with van der Waals surface area (Å²) in [6.45, 7) is 5.40. The van der Waals surface area contributed by atoms with Crippen LogP contribution >= 0.6 is 0 Å². The average Bonchev–Trinajstić information content (AvgIpc) is 2.94. The van der Waals surface area contributed by atoms with E-state index in [2.05, 4.69) is 9.88 Å². The fraction of sp³-hybridized carbons (Fsp3) is 0.211. The monoisotopic (exact) mass is 372 g/mol. The van der Waals surface area contributed by atoms with Crippen molar-refractivity contribution in [3.8, 4) is 16.9 Å². The van der Waals surface area contributed by atoms with E-state index in [1.165, 1.54) is 0 Å². The maximum absolute atomic E-state index is 12.9. The first-order valence-corrected chi connectivity index (χ1v) is 9.51. The van der Waals surface area contributed by atoms with E-state index >= 15 is 0 Å². The number of methoxy groups -OCH3 is 1. The second kappa shape index (κ2) is 6.84. The summed E-state index contributed by atoms with van der Waals surface area (Å²) in [6.07, 6.45) is 0. The summed E-state index contributed by atoms with van der Waals surface area (Å²) in [4.78, 5) is 0.214. The highest BCUT2D eigenvalue weighted by atomic mass is 32.2. The van der Waals surface area contributed by atoms with E-state index in [0.29, 0.717) is 22.8 Å². The van der Waals surface area contributed by atoms with E-state index < -0.39 is 10.0 Å². The highest BCUT2D eigenvalue weighted by molar-refractivity contribution is 7.92. The molecule has 2 aromatic carbocycles. The molecule has 136 valence electrons. The van der Waals surface area contributed by atoms with Crippen LogP contribution in [0, 0.1) is 20.8 Å². The van der Waals surface area contributed by atoms with E-state index in [-0.39, 0.29) is 4.90 Å². The maximum atomic E-state index is 12.9. The van der Waals surface area contributed by atoms with Gasteiger partial charge in [-0.25, -0.2) is 8.42 Å². The quantitative estimate of drug-likeness (QED) is 0.730. The number of hydrogen-bond acceptors (Lipinski definition) is 5. The summed E-state index contributed by atoms with van der Waals surface area (Å²) in [5.41, 5.74) is 3.40. The van der Waals surface area contributed by atoms with E-state index in [4.69, 9.17) is 9.26 Å². The third kappa shape index (κ3) is 3.43. The summed E-state index contributed by atoms with van der Waals surface area (Å²) < 4.78 is 38.7. The van der Waals surface area contributed by atoms with Crippen molar-refractivity contribution in [2.24, 2.45) is 0 Å². The largest absolute Gasteiger partial charge is 0.497 e. The van der Waals surface area contributed by atoms with Gasteiger partial charge in [-0.2, -0.15) is 0 Å². The van der Waals surface area contributed by atoms with Gasteiger partial charge in [0.2, 0.25) is 0 Å². The van der Waals surface area contributed by atoms with E-state index in [1.807, 2.05) is 13.0 Å². The molecule has 1 aromatic heterocycles. The van der Waals surface area contributed by atoms with Crippen LogP contribution in [0.5, 0.6) is 5.75 Å². The molecule has 0 aliphatic heterocycles. The van der Waals surface area contributed by atoms with Crippen molar-refractivity contribution >= 4 is 15.7 Å². The van der Waals surface area contributed by atoms with Gasteiger partial charge in [-0.3, -0.25) is 4.72 Å². The van der Waals surface area contributed by atoms with Crippen LogP contribution in [0.15, 0.2) is 51.9 Å². The number of hydrogen-bond donors (Lipinski definition) is 1. The van der Waals surface area contributed by atoms with Crippen LogP contribution in [0.4, 0.5) is 5.69 Å². The highest BCUT2D eigenvalue weighted by Crippen LogP contribution is 2.30. The van der Waals surface area contributed by atoms with Gasteiger partial charge in [-0.15, -0.1) is 0 Å². The molecule has 1 heterocycles. The predicted octanol–water partition coefficient (Wildman–Crippen LogP) is 4.08. The van der Waals surface area contributed by atoms with Crippen molar-refractivity contribution in [2.45, 2.75) is 25.7 Å². The molecule has 0 fully saturated rings. The third-order valence-corrected chi connectivity index (χ3v) is 5.67. The van der Waals surface area contributed by atoms with E-state index in [1.54, 1.807) is 57.4 Å². The Morgan fingerprint density at radius 1 is 1.04 bits per heavy atom. The first-order valence-electron chi connectivity index (χ1n) is 8.02. The van der Waals surface area contributed by atoms with Gasteiger partial charge in [0.15, 0.2) is 0 Å². The molecule has 0 aliphatic rings. The van der Waals surface area contributed by atoms with Gasteiger partial charge >= 0.3 is 0 Å². The lowest BCUT2D eigenvalue weighted by Gasteiger charge is -2.12. The molecule has 26 heavy (non-hydrogen) atoms. The summed E-state index contributed by atoms with van der Waals surface area (Å²) in [5.74, 6) is 1.31. The summed E-state index contributed by atoms with van der Waals surface area (Å²) in [7, 11) is -2.19. The molecule has 0 saturated carbocycles. The average molecular weight is 372 g/mol. The van der Waals surface area contributed by atoms with Crippen molar-refractivity contribution < 1.29 is 17.7 Å². The Labute approximate surface area is 152 Å². The standard InChI is InChI=1S/C19H20N2O4S/c1-12-5-6-15(19-13(2)20-25-14(19)3)11-18(12)26(22,23)21-16-7-9-17(24-4)10-8-16/h5-11,21H,1-4H3. The van der Waals surface area contributed by atoms with Gasteiger partial charge in [0, 0.05) is 11.3 Å². The lowest BCUT2D eigenvalue weighted by Crippen LogP contribution is -2.14. The normalized spacial score (nSPS) is 11.4. The Hall–Kier alpha value is -2.80. The number of aromatic nitrogens is 1. The van der Waals surface area contributed by atoms with Crippen molar-refractivity contribution in [2.75, 3.05) is 11.8 Å². The minimum absolute atomic E-state index is 0.214. The van der Waals surface area contributed by atoms with Crippen molar-refractivity contribution in [1.82, 2.24) is 5.16 Å². The SMILES string of the molecule is COc1ccc(NS(=O)(=O)c2cc(-c3c(C)noc3C)ccc2C)cc1. The molecule has 1 N–H and O–H groups in total. The zero-order valence-electron chi connectivity index (χ0n) is 15.0. The minimum atomic E-state index is -3.74. The first kappa shape index (κ1) is 18.0. The van der Waals surface area contributed by atoms with Gasteiger partial charge in [-0.05, 0) is 62.2 Å². The molecule has 6 nitrogen and oxygen atoms in total. The molecule has 7 heteroatoms. The van der Waals surface area contributed by atoms with Crippen LogP contribution in [-0.4, -0.2) is 20.7 Å². The van der Waals surface area contributed by atoms with Crippen molar-refractivity contribution in [3.63, 3.8) is 0 Å². The molecule has 0 amide bonds. The number of sulfonamides is 1. The highest BCUT2D eigenvalue weighted by Gasteiger charge is 2.20. The number of ether oxygens (including phenoxy) is 1. The van der Waals surface area contributed by atoms with Crippen LogP contribution < -0.4 is 9.46 Å². The number of nitrogens with one attached hydrogen (secondary N) is 1. The van der Waals surface area contributed by atoms with Crippen LogP contribution in [0.3, 0.4) is 0 Å². The Morgan fingerprint density at radius 3 is 2.31 bits per heavy atom. The van der Waals surface area contributed by atoms with Gasteiger partial charge < -0.3 is 9.26 Å². The minimum Gasteiger partial charge on any atom is -0.497 e. The maximum Gasteiger partial charge on any atom is 0.262 e. The summed E-state index contributed by atoms with van der Waals surface area (Å²) in [5, 5.41) is 3.94. The number of nitrogens with zero attached hydrogens (tertiary/aromatic N) is 1. The number of benzene rings is 2. The van der Waals surface area contributed by atoms with E-state index in [0.717, 1.165) is 16.8 Å². The molecule has 0 radical (unpaired) electrons. The molecule has 0 spiro atoms. The fourth-order valence-electron chi connectivity index (χ4n) is 2.81. The van der Waals surface area contributed by atoms with Crippen LogP contribution in [0.2, 0.25) is 0 Å². The van der Waals surface area contributed by atoms with Crippen LogP contribution in [-0.2, 0) is 10.0 Å². The molecule has 0 bridgehead atoms. The van der Waals surface area contributed by atoms with Crippen molar-refractivity contribution in [3.05, 3.63) is 59.5 Å². The Morgan fingerprint density at radius 2 is 1.73 bits per heavy atom. The van der Waals surface area contributed by atoms with Crippen LogP contribution in [0.1, 0.15) is 17.0 Å². The molecule has 0 aliphatic carbocycles. The first-order chi connectivity index (χ1) is 12.3. The Bertz CT molecular complexity index is 1020. The summed E-state index contributed by atoms with van der Waals surface area (Å²) >= 11 is 0. The number of aryl methyl sites for hydroxylation is 3. The molecule has 0 saturated heterocycles. The molecule has 0 atom stereocenters. The molecular formula is C19H20N2O4S. The van der Waals surface area contributed by atoms with E-state index in [9.17, 15) is 8.42 Å². The van der Waals surface area contributed by atoms with Gasteiger partial charge in [-0.1, -0.05) is 17.3 Å². The lowest BCUT2D eigenvalue weighted by molar-refractivity contribution is 0.393. The molecular weight excluding hydrogens is 352 g/mol. The second-order valence-electron chi connectivity index (χ2n) is 6.01. The van der Waals surface area contributed by atoms with Gasteiger partial charge in [0.05, 0.1) is 17.7 Å². The number of anilines is 1.